The van der Waals surface area contributed by atoms with E-state index < -0.39 is 0 Å². The maximum Gasteiger partial charge on any atom is 0.111 e. The minimum Gasteiger partial charge on any atom is -0.149 e. The number of halogens is 1. The van der Waals surface area contributed by atoms with Crippen LogP contribution >= 0.6 is 22.9 Å². The van der Waals surface area contributed by atoms with Crippen LogP contribution in [0.15, 0.2) is 16.3 Å². The molecule has 1 aliphatic rings. The lowest BCUT2D eigenvalue weighted by Crippen LogP contribution is -2.11. The van der Waals surface area contributed by atoms with E-state index in [9.17, 15) is 0 Å². The predicted molar refractivity (Wildman–Crippen MR) is 50.1 cm³/mol. The summed E-state index contributed by atoms with van der Waals surface area (Å²) in [5.41, 5.74) is 1.02. The fourth-order valence-corrected chi connectivity index (χ4v) is 0.945. The van der Waals surface area contributed by atoms with E-state index in [1.807, 2.05) is 22.9 Å². The first-order valence-corrected chi connectivity index (χ1v) is 4.00. The summed E-state index contributed by atoms with van der Waals surface area (Å²) in [4.78, 5) is 0. The second-order valence-electron chi connectivity index (χ2n) is 2.29. The Kier molecular flexibility index (Phi) is 2.45. The predicted octanol–water partition coefficient (Wildman–Crippen LogP) is 1.80. The van der Waals surface area contributed by atoms with Gasteiger partial charge >= 0.3 is 0 Å². The van der Waals surface area contributed by atoms with Crippen molar-refractivity contribution in [2.45, 2.75) is 13.8 Å². The van der Waals surface area contributed by atoms with Crippen LogP contribution in [0.5, 0.6) is 0 Å². The molecule has 0 amide bonds. The smallest absolute Gasteiger partial charge is 0.111 e. The molecule has 0 saturated heterocycles. The molecule has 0 fully saturated rings. The highest BCUT2D eigenvalue weighted by atomic mass is 127. The zero-order valence-electron chi connectivity index (χ0n) is 5.87. The van der Waals surface area contributed by atoms with Gasteiger partial charge in [-0.2, -0.15) is 0 Å². The Hall–Kier alpha value is -0.350. The molecule has 54 valence electrons. The number of allylic oxidation sites excluding steroid dienone is 1. The number of hydrogen-bond acceptors (Lipinski definition) is 3. The van der Waals surface area contributed by atoms with E-state index in [4.69, 9.17) is 0 Å². The van der Waals surface area contributed by atoms with Crippen molar-refractivity contribution in [3.8, 4) is 0 Å². The number of rotatable bonds is 1. The molecule has 0 N–H and O–H groups in total. The minimum absolute atomic E-state index is 0.445. The van der Waals surface area contributed by atoms with Crippen LogP contribution in [0.3, 0.4) is 0 Å². The maximum absolute atomic E-state index is 4.13. The molecule has 1 aliphatic heterocycles. The fourth-order valence-electron chi connectivity index (χ4n) is 0.571. The van der Waals surface area contributed by atoms with Crippen LogP contribution in [-0.2, 0) is 0 Å². The normalized spacial score (nSPS) is 16.4. The van der Waals surface area contributed by atoms with Crippen molar-refractivity contribution in [3.63, 3.8) is 0 Å². The molecule has 4 heteroatoms. The van der Waals surface area contributed by atoms with Gasteiger partial charge in [-0.15, -0.1) is 13.5 Å². The average Bonchev–Trinajstić information content (AvgIpc) is 1.88. The fraction of sp³-hybridized carbons (Fsp3) is 0.500. The molecule has 0 unspecified atom stereocenters. The summed E-state index contributed by atoms with van der Waals surface area (Å²) in [6.45, 7) is 4.18. The summed E-state index contributed by atoms with van der Waals surface area (Å²) in [5.74, 6) is 3.20. The van der Waals surface area contributed by atoms with Crippen molar-refractivity contribution in [3.05, 3.63) is 6.08 Å². The lowest BCUT2D eigenvalue weighted by molar-refractivity contribution is 0.582. The molecule has 0 aromatic heterocycles. The standard InChI is InChI=1S/C6H8IN3/c1-5(2)6-3-4-8-10(7)9-6/h3,5H,1-2H3. The molecule has 0 atom stereocenters. The average molecular weight is 249 g/mol. The Labute approximate surface area is 74.0 Å². The molecule has 0 aliphatic carbocycles. The molecule has 1 rings (SSSR count). The summed E-state index contributed by atoms with van der Waals surface area (Å²) in [6, 6.07) is 0. The zero-order valence-corrected chi connectivity index (χ0v) is 8.03. The minimum atomic E-state index is 0.445. The Morgan fingerprint density at radius 2 is 2.40 bits per heavy atom. The van der Waals surface area contributed by atoms with Gasteiger partial charge in [0.2, 0.25) is 0 Å². The van der Waals surface area contributed by atoms with Crippen molar-refractivity contribution < 1.29 is 0 Å². The zero-order chi connectivity index (χ0) is 7.56. The monoisotopic (exact) mass is 249 g/mol. The van der Waals surface area contributed by atoms with Crippen molar-refractivity contribution >= 4 is 34.4 Å². The van der Waals surface area contributed by atoms with Gasteiger partial charge in [-0.1, -0.05) is 13.8 Å². The highest BCUT2D eigenvalue weighted by Gasteiger charge is 2.05. The SMILES string of the molecule is CC(C)C1=NN(I)N=C=C1. The van der Waals surface area contributed by atoms with E-state index in [0.29, 0.717) is 5.92 Å². The number of hydrogen-bond donors (Lipinski definition) is 0. The topological polar surface area (TPSA) is 28.0 Å². The first-order valence-electron chi connectivity index (χ1n) is 3.04. The molecular formula is C6H8IN3. The largest absolute Gasteiger partial charge is 0.149 e. The van der Waals surface area contributed by atoms with Gasteiger partial charge in [-0.05, 0) is 5.92 Å². The Morgan fingerprint density at radius 3 is 2.80 bits per heavy atom. The van der Waals surface area contributed by atoms with Gasteiger partial charge in [0.05, 0.1) is 5.71 Å². The highest BCUT2D eigenvalue weighted by Crippen LogP contribution is 2.07. The molecule has 0 spiro atoms. The summed E-state index contributed by atoms with van der Waals surface area (Å²) in [6.07, 6.45) is 1.81. The van der Waals surface area contributed by atoms with Crippen LogP contribution in [0, 0.1) is 5.92 Å². The van der Waals surface area contributed by atoms with Gasteiger partial charge in [0.1, 0.15) is 22.9 Å². The summed E-state index contributed by atoms with van der Waals surface area (Å²) < 4.78 is 1.49. The highest BCUT2D eigenvalue weighted by molar-refractivity contribution is 14.1. The first-order chi connectivity index (χ1) is 4.70. The van der Waals surface area contributed by atoms with Crippen LogP contribution in [0.2, 0.25) is 0 Å². The van der Waals surface area contributed by atoms with Gasteiger partial charge in [0, 0.05) is 11.9 Å². The van der Waals surface area contributed by atoms with Crippen molar-refractivity contribution in [2.24, 2.45) is 16.1 Å². The van der Waals surface area contributed by atoms with Gasteiger partial charge in [0.25, 0.3) is 0 Å². The Morgan fingerprint density at radius 1 is 1.70 bits per heavy atom. The van der Waals surface area contributed by atoms with E-state index in [0.717, 1.165) is 5.71 Å². The molecule has 1 heterocycles. The Bertz CT molecular complexity index is 213. The van der Waals surface area contributed by atoms with Crippen LogP contribution in [0.4, 0.5) is 0 Å². The lowest BCUT2D eigenvalue weighted by atomic mass is 10.1. The third kappa shape index (κ3) is 1.82. The molecule has 3 nitrogen and oxygen atoms in total. The van der Waals surface area contributed by atoms with Crippen LogP contribution < -0.4 is 0 Å². The van der Waals surface area contributed by atoms with Gasteiger partial charge in [0.15, 0.2) is 0 Å². The first kappa shape index (κ1) is 7.75. The van der Waals surface area contributed by atoms with Gasteiger partial charge < -0.3 is 0 Å². The molecule has 10 heavy (non-hydrogen) atoms. The maximum atomic E-state index is 4.13. The molecule has 0 radical (unpaired) electrons. The van der Waals surface area contributed by atoms with Crippen molar-refractivity contribution in [1.82, 2.24) is 3.33 Å². The van der Waals surface area contributed by atoms with Crippen molar-refractivity contribution in [1.29, 1.82) is 0 Å². The van der Waals surface area contributed by atoms with E-state index in [1.165, 1.54) is 3.33 Å². The number of hydrazone groups is 2. The molecule has 0 saturated carbocycles. The summed E-state index contributed by atoms with van der Waals surface area (Å²) in [5, 5.41) is 7.92. The number of nitrogens with zero attached hydrogens (tertiary/aromatic N) is 3. The molecule has 0 aromatic rings. The summed E-state index contributed by atoms with van der Waals surface area (Å²) >= 11 is 2.00. The molecule has 0 bridgehead atoms. The Balaban J connectivity index is 2.80. The van der Waals surface area contributed by atoms with Crippen LogP contribution in [-0.4, -0.2) is 14.9 Å². The summed E-state index contributed by atoms with van der Waals surface area (Å²) in [7, 11) is 0. The van der Waals surface area contributed by atoms with Gasteiger partial charge in [-0.25, -0.2) is 0 Å². The second kappa shape index (κ2) is 3.16. The van der Waals surface area contributed by atoms with E-state index in [-0.39, 0.29) is 0 Å². The van der Waals surface area contributed by atoms with E-state index >= 15 is 0 Å². The third-order valence-electron chi connectivity index (χ3n) is 1.14. The quantitative estimate of drug-likeness (QED) is 0.514. The van der Waals surface area contributed by atoms with Crippen molar-refractivity contribution in [2.75, 3.05) is 0 Å². The van der Waals surface area contributed by atoms with Crippen LogP contribution in [0.1, 0.15) is 13.8 Å². The van der Waals surface area contributed by atoms with Gasteiger partial charge in [-0.3, -0.25) is 0 Å². The second-order valence-corrected chi connectivity index (χ2v) is 3.16. The molecule has 0 aromatic carbocycles. The lowest BCUT2D eigenvalue weighted by Gasteiger charge is -2.09. The molecular weight excluding hydrogens is 241 g/mol. The van der Waals surface area contributed by atoms with E-state index in [2.05, 4.69) is 29.9 Å². The van der Waals surface area contributed by atoms with Crippen LogP contribution in [0.25, 0.3) is 0 Å². The third-order valence-corrected chi connectivity index (χ3v) is 1.57. The van der Waals surface area contributed by atoms with E-state index in [1.54, 1.807) is 6.08 Å².